The highest BCUT2D eigenvalue weighted by atomic mass is 16.3. The van der Waals surface area contributed by atoms with E-state index in [1.807, 2.05) is 12.1 Å². The van der Waals surface area contributed by atoms with Crippen molar-refractivity contribution in [1.82, 2.24) is 9.97 Å². The second-order valence-corrected chi connectivity index (χ2v) is 6.11. The summed E-state index contributed by atoms with van der Waals surface area (Å²) >= 11 is 0. The highest BCUT2D eigenvalue weighted by molar-refractivity contribution is 5.52. The lowest BCUT2D eigenvalue weighted by molar-refractivity contribution is 0.0786. The van der Waals surface area contributed by atoms with Gasteiger partial charge in [-0.15, -0.1) is 0 Å². The number of benzene rings is 1. The van der Waals surface area contributed by atoms with E-state index >= 15 is 0 Å². The largest absolute Gasteiger partial charge is 0.386 e. The molecule has 2 atom stereocenters. The average Bonchev–Trinajstić information content (AvgIpc) is 2.85. The molecule has 1 aliphatic rings. The van der Waals surface area contributed by atoms with Crippen molar-refractivity contribution in [1.29, 1.82) is 0 Å². The fraction of sp³-hybridized carbons (Fsp3) is 0.412. The summed E-state index contributed by atoms with van der Waals surface area (Å²) in [6, 6.07) is 8.35. The van der Waals surface area contributed by atoms with Crippen LogP contribution in [0.1, 0.15) is 56.0 Å². The van der Waals surface area contributed by atoms with Gasteiger partial charge in [-0.1, -0.05) is 31.2 Å². The molecule has 1 aromatic carbocycles. The minimum absolute atomic E-state index is 0.197. The van der Waals surface area contributed by atoms with Crippen LogP contribution in [0.5, 0.6) is 0 Å². The molecule has 1 aliphatic heterocycles. The Balaban J connectivity index is 1.91. The highest BCUT2D eigenvalue weighted by Crippen LogP contribution is 2.43. The molecule has 2 heterocycles. The van der Waals surface area contributed by atoms with E-state index in [4.69, 9.17) is 0 Å². The number of fused-ring (bicyclic) bond motifs is 1. The highest BCUT2D eigenvalue weighted by Gasteiger charge is 2.34. The average molecular weight is 283 g/mol. The topological polar surface area (TPSA) is 58.0 Å². The van der Waals surface area contributed by atoms with Gasteiger partial charge in [0.1, 0.15) is 5.82 Å². The van der Waals surface area contributed by atoms with Crippen molar-refractivity contribution in [3.63, 3.8) is 0 Å². The second-order valence-electron chi connectivity index (χ2n) is 6.11. The molecule has 3 rings (SSSR count). The van der Waals surface area contributed by atoms with Crippen molar-refractivity contribution >= 4 is 5.82 Å². The molecule has 0 aliphatic carbocycles. The predicted molar refractivity (Wildman–Crippen MR) is 83.1 cm³/mol. The monoisotopic (exact) mass is 283 g/mol. The van der Waals surface area contributed by atoms with Crippen LogP contribution in [0.15, 0.2) is 36.7 Å². The molecule has 4 nitrogen and oxygen atoms in total. The molecular weight excluding hydrogens is 262 g/mol. The summed E-state index contributed by atoms with van der Waals surface area (Å²) in [7, 11) is 0. The van der Waals surface area contributed by atoms with E-state index in [0.717, 1.165) is 23.5 Å². The van der Waals surface area contributed by atoms with Gasteiger partial charge in [-0.2, -0.15) is 0 Å². The molecule has 0 radical (unpaired) electrons. The lowest BCUT2D eigenvalue weighted by atomic mass is 9.89. The fourth-order valence-corrected chi connectivity index (χ4v) is 2.98. The molecule has 0 bridgehead atoms. The summed E-state index contributed by atoms with van der Waals surface area (Å²) in [5.41, 5.74) is 2.37. The third-order valence-electron chi connectivity index (χ3n) is 4.19. The van der Waals surface area contributed by atoms with Crippen molar-refractivity contribution in [2.24, 2.45) is 0 Å². The number of hydrogen-bond donors (Lipinski definition) is 2. The first-order valence-electron chi connectivity index (χ1n) is 7.41. The van der Waals surface area contributed by atoms with Crippen LogP contribution in [-0.4, -0.2) is 15.1 Å². The van der Waals surface area contributed by atoms with E-state index in [-0.39, 0.29) is 6.04 Å². The molecule has 2 aromatic rings. The first-order valence-corrected chi connectivity index (χ1v) is 7.41. The van der Waals surface area contributed by atoms with E-state index in [1.165, 1.54) is 5.56 Å². The summed E-state index contributed by atoms with van der Waals surface area (Å²) < 4.78 is 0. The number of nitrogens with zero attached hydrogens (tertiary/aromatic N) is 2. The van der Waals surface area contributed by atoms with Gasteiger partial charge in [-0.3, -0.25) is 4.98 Å². The standard InChI is InChI=1S/C17H21N3O/c1-4-13-14(20-16-15(13)18-9-10-19-16)11-5-7-12(8-6-11)17(2,3)21/h5-10,13-14,21H,4H2,1-3H3,(H,19,20). The molecule has 2 unspecified atom stereocenters. The molecule has 110 valence electrons. The van der Waals surface area contributed by atoms with Crippen molar-refractivity contribution in [2.75, 3.05) is 5.32 Å². The van der Waals surface area contributed by atoms with Gasteiger partial charge >= 0.3 is 0 Å². The van der Waals surface area contributed by atoms with Crippen LogP contribution in [0, 0.1) is 0 Å². The first kappa shape index (κ1) is 14.0. The minimum atomic E-state index is -0.808. The Morgan fingerprint density at radius 2 is 1.81 bits per heavy atom. The van der Waals surface area contributed by atoms with Crippen LogP contribution in [0.4, 0.5) is 5.82 Å². The number of rotatable bonds is 3. The zero-order valence-corrected chi connectivity index (χ0v) is 12.7. The Hall–Kier alpha value is -1.94. The molecule has 2 N–H and O–H groups in total. The molecule has 21 heavy (non-hydrogen) atoms. The van der Waals surface area contributed by atoms with Gasteiger partial charge < -0.3 is 10.4 Å². The van der Waals surface area contributed by atoms with Crippen molar-refractivity contribution in [3.05, 3.63) is 53.5 Å². The Morgan fingerprint density at radius 3 is 2.43 bits per heavy atom. The molecule has 0 amide bonds. The van der Waals surface area contributed by atoms with Crippen LogP contribution in [0.3, 0.4) is 0 Å². The number of anilines is 1. The van der Waals surface area contributed by atoms with Gasteiger partial charge in [-0.25, -0.2) is 4.98 Å². The third kappa shape index (κ3) is 2.51. The number of aromatic nitrogens is 2. The molecule has 0 saturated heterocycles. The Kier molecular flexibility index (Phi) is 3.41. The Morgan fingerprint density at radius 1 is 1.14 bits per heavy atom. The van der Waals surface area contributed by atoms with Gasteiger partial charge in [0.25, 0.3) is 0 Å². The summed E-state index contributed by atoms with van der Waals surface area (Å²) in [5, 5.41) is 13.5. The van der Waals surface area contributed by atoms with E-state index < -0.39 is 5.60 Å². The molecular formula is C17H21N3O. The number of nitrogens with one attached hydrogen (secondary N) is 1. The van der Waals surface area contributed by atoms with Crippen LogP contribution >= 0.6 is 0 Å². The Bertz CT molecular complexity index is 631. The van der Waals surface area contributed by atoms with Gasteiger partial charge in [0, 0.05) is 18.3 Å². The molecule has 4 heteroatoms. The van der Waals surface area contributed by atoms with Crippen LogP contribution in [0.25, 0.3) is 0 Å². The quantitative estimate of drug-likeness (QED) is 0.907. The smallest absolute Gasteiger partial charge is 0.148 e. The van der Waals surface area contributed by atoms with Gasteiger partial charge in [0.15, 0.2) is 0 Å². The first-order chi connectivity index (χ1) is 10.0. The third-order valence-corrected chi connectivity index (χ3v) is 4.19. The van der Waals surface area contributed by atoms with Crippen molar-refractivity contribution in [3.8, 4) is 0 Å². The van der Waals surface area contributed by atoms with E-state index in [0.29, 0.717) is 5.92 Å². The maximum absolute atomic E-state index is 10.0. The normalized spacial score (nSPS) is 21.0. The summed E-state index contributed by atoms with van der Waals surface area (Å²) in [6.07, 6.45) is 4.48. The zero-order chi connectivity index (χ0) is 15.0. The summed E-state index contributed by atoms with van der Waals surface area (Å²) in [4.78, 5) is 8.86. The van der Waals surface area contributed by atoms with Gasteiger partial charge in [0.05, 0.1) is 17.3 Å². The van der Waals surface area contributed by atoms with Crippen LogP contribution < -0.4 is 5.32 Å². The van der Waals surface area contributed by atoms with Gasteiger partial charge in [0.2, 0.25) is 0 Å². The number of aliphatic hydroxyl groups is 1. The molecule has 0 saturated carbocycles. The fourth-order valence-electron chi connectivity index (χ4n) is 2.98. The molecule has 0 fully saturated rings. The maximum Gasteiger partial charge on any atom is 0.148 e. The summed E-state index contributed by atoms with van der Waals surface area (Å²) in [5.74, 6) is 1.22. The van der Waals surface area contributed by atoms with Crippen molar-refractivity contribution < 1.29 is 5.11 Å². The lowest BCUT2D eigenvalue weighted by Gasteiger charge is -2.21. The molecule has 1 aromatic heterocycles. The van der Waals surface area contributed by atoms with E-state index in [1.54, 1.807) is 26.2 Å². The second kappa shape index (κ2) is 5.11. The summed E-state index contributed by atoms with van der Waals surface area (Å²) in [6.45, 7) is 5.77. The maximum atomic E-state index is 10.0. The van der Waals surface area contributed by atoms with Crippen LogP contribution in [-0.2, 0) is 5.60 Å². The van der Waals surface area contributed by atoms with E-state index in [9.17, 15) is 5.11 Å². The SMILES string of the molecule is CCC1c2nccnc2NC1c1ccc(C(C)(C)O)cc1. The Labute approximate surface area is 125 Å². The molecule has 0 spiro atoms. The van der Waals surface area contributed by atoms with Crippen LogP contribution in [0.2, 0.25) is 0 Å². The number of hydrogen-bond acceptors (Lipinski definition) is 4. The van der Waals surface area contributed by atoms with Crippen molar-refractivity contribution in [2.45, 2.75) is 44.8 Å². The van der Waals surface area contributed by atoms with E-state index in [2.05, 4.69) is 34.3 Å². The van der Waals surface area contributed by atoms with Gasteiger partial charge in [-0.05, 0) is 31.4 Å². The minimum Gasteiger partial charge on any atom is -0.386 e. The lowest BCUT2D eigenvalue weighted by Crippen LogP contribution is -2.16. The zero-order valence-electron chi connectivity index (χ0n) is 12.7. The predicted octanol–water partition coefficient (Wildman–Crippen LogP) is 3.36.